The van der Waals surface area contributed by atoms with Crippen molar-refractivity contribution < 1.29 is 14.3 Å². The molecule has 3 fully saturated rings. The van der Waals surface area contributed by atoms with Crippen molar-refractivity contribution in [3.8, 4) is 17.0 Å². The van der Waals surface area contributed by atoms with Crippen LogP contribution in [-0.2, 0) is 4.74 Å². The molecule has 3 aliphatic rings. The molecule has 2 saturated heterocycles. The van der Waals surface area contributed by atoms with Crippen LogP contribution in [0.2, 0.25) is 0 Å². The number of likely N-dealkylation sites (tertiary alicyclic amines) is 1. The molecule has 2 aliphatic heterocycles. The number of amides is 1. The lowest BCUT2D eigenvalue weighted by Crippen LogP contribution is -2.43. The number of rotatable bonds is 8. The number of carbonyl (C=O) groups is 1. The number of aromatic amines is 1. The lowest BCUT2D eigenvalue weighted by Gasteiger charge is -2.30. The Morgan fingerprint density at radius 2 is 1.86 bits per heavy atom. The lowest BCUT2D eigenvalue weighted by molar-refractivity contribution is 0.0283. The van der Waals surface area contributed by atoms with E-state index in [9.17, 15) is 4.79 Å². The molecule has 3 heterocycles. The number of benzene rings is 2. The maximum Gasteiger partial charge on any atom is 0.251 e. The second-order valence-electron chi connectivity index (χ2n) is 11.0. The van der Waals surface area contributed by atoms with Gasteiger partial charge in [-0.2, -0.15) is 5.10 Å². The molecular weight excluding hydrogens is 466 g/mol. The summed E-state index contributed by atoms with van der Waals surface area (Å²) in [7, 11) is 2.16. The molecule has 8 nitrogen and oxygen atoms in total. The predicted octanol–water partition coefficient (Wildman–Crippen LogP) is 3.55. The van der Waals surface area contributed by atoms with Crippen LogP contribution in [0, 0.1) is 5.41 Å². The van der Waals surface area contributed by atoms with Crippen molar-refractivity contribution in [3.63, 3.8) is 0 Å². The number of piperidine rings is 1. The molecule has 8 heteroatoms. The van der Waals surface area contributed by atoms with Gasteiger partial charge in [-0.3, -0.25) is 14.8 Å². The van der Waals surface area contributed by atoms with Gasteiger partial charge in [0.25, 0.3) is 5.91 Å². The Morgan fingerprint density at radius 1 is 1.11 bits per heavy atom. The van der Waals surface area contributed by atoms with Crippen LogP contribution in [0.4, 0.5) is 0 Å². The van der Waals surface area contributed by atoms with Gasteiger partial charge in [-0.25, -0.2) is 0 Å². The number of aromatic nitrogens is 2. The average molecular weight is 504 g/mol. The molecule has 0 radical (unpaired) electrons. The molecule has 37 heavy (non-hydrogen) atoms. The fourth-order valence-electron chi connectivity index (χ4n) is 5.53. The Balaban J connectivity index is 1.11. The van der Waals surface area contributed by atoms with Crippen molar-refractivity contribution >= 4 is 16.8 Å². The summed E-state index contributed by atoms with van der Waals surface area (Å²) in [5.74, 6) is 0.869. The standard InChI is InChI=1S/C29H37N5O3/c1-33-12-8-24(9-13-33)37-23-5-2-21(3-6-23)27-25-18-22(4-7-26(25)31-32-27)28(35)30-19-29(10-11-29)20-34-14-16-36-17-15-34/h2-7,18,24H,8-17,19-20H2,1H3,(H,30,35)(H,31,32). The van der Waals surface area contributed by atoms with Crippen LogP contribution in [0.3, 0.4) is 0 Å². The first kappa shape index (κ1) is 24.4. The average Bonchev–Trinajstić information content (AvgIpc) is 3.56. The van der Waals surface area contributed by atoms with Gasteiger partial charge in [0.1, 0.15) is 11.9 Å². The van der Waals surface area contributed by atoms with Crippen molar-refractivity contribution in [1.29, 1.82) is 0 Å². The molecule has 1 saturated carbocycles. The van der Waals surface area contributed by atoms with Gasteiger partial charge in [0.15, 0.2) is 0 Å². The first-order valence-corrected chi connectivity index (χ1v) is 13.6. The molecule has 196 valence electrons. The maximum atomic E-state index is 13.1. The third-order valence-electron chi connectivity index (χ3n) is 8.16. The summed E-state index contributed by atoms with van der Waals surface area (Å²) in [6.07, 6.45) is 4.74. The fourth-order valence-corrected chi connectivity index (χ4v) is 5.53. The van der Waals surface area contributed by atoms with Crippen LogP contribution in [0.25, 0.3) is 22.2 Å². The number of hydrogen-bond acceptors (Lipinski definition) is 6. The van der Waals surface area contributed by atoms with Crippen molar-refractivity contribution in [2.24, 2.45) is 5.41 Å². The van der Waals surface area contributed by atoms with Gasteiger partial charge in [-0.1, -0.05) is 0 Å². The molecule has 6 rings (SSSR count). The molecular formula is C29H37N5O3. The van der Waals surface area contributed by atoms with Gasteiger partial charge in [0.2, 0.25) is 0 Å². The Hall–Kier alpha value is -2.94. The zero-order valence-corrected chi connectivity index (χ0v) is 21.7. The van der Waals surface area contributed by atoms with E-state index >= 15 is 0 Å². The van der Waals surface area contributed by atoms with Crippen LogP contribution in [0.15, 0.2) is 42.5 Å². The van der Waals surface area contributed by atoms with Crippen LogP contribution >= 0.6 is 0 Å². The number of nitrogens with zero attached hydrogens (tertiary/aromatic N) is 3. The number of nitrogens with one attached hydrogen (secondary N) is 2. The molecule has 2 aromatic carbocycles. The second-order valence-corrected chi connectivity index (χ2v) is 11.0. The van der Waals surface area contributed by atoms with Crippen LogP contribution in [0.5, 0.6) is 5.75 Å². The second kappa shape index (κ2) is 10.4. The highest BCUT2D eigenvalue weighted by Crippen LogP contribution is 2.45. The van der Waals surface area contributed by atoms with Gasteiger partial charge in [0.05, 0.1) is 24.4 Å². The first-order valence-electron chi connectivity index (χ1n) is 13.6. The minimum atomic E-state index is -0.0239. The van der Waals surface area contributed by atoms with E-state index in [2.05, 4.69) is 44.5 Å². The van der Waals surface area contributed by atoms with E-state index in [0.717, 1.165) is 93.2 Å². The summed E-state index contributed by atoms with van der Waals surface area (Å²) < 4.78 is 11.7. The van der Waals surface area contributed by atoms with Gasteiger partial charge in [0, 0.05) is 61.2 Å². The van der Waals surface area contributed by atoms with E-state index in [1.807, 2.05) is 30.3 Å². The summed E-state index contributed by atoms with van der Waals surface area (Å²) in [5, 5.41) is 11.8. The lowest BCUT2D eigenvalue weighted by atomic mass is 10.0. The summed E-state index contributed by atoms with van der Waals surface area (Å²) in [5.41, 5.74) is 3.65. The number of morpholine rings is 1. The smallest absolute Gasteiger partial charge is 0.251 e. The SMILES string of the molecule is CN1CCC(Oc2ccc(-c3n[nH]c4ccc(C(=O)NCC5(CN6CCOCC6)CC5)cc34)cc2)CC1. The normalized spacial score (nSPS) is 20.7. The summed E-state index contributed by atoms with van der Waals surface area (Å²) >= 11 is 0. The third-order valence-corrected chi connectivity index (χ3v) is 8.16. The quantitative estimate of drug-likeness (QED) is 0.489. The molecule has 0 unspecified atom stereocenters. The Morgan fingerprint density at radius 3 is 2.59 bits per heavy atom. The molecule has 1 aliphatic carbocycles. The van der Waals surface area contributed by atoms with Crippen molar-refractivity contribution in [2.45, 2.75) is 31.8 Å². The van der Waals surface area contributed by atoms with E-state index < -0.39 is 0 Å². The number of hydrogen-bond donors (Lipinski definition) is 2. The van der Waals surface area contributed by atoms with E-state index in [-0.39, 0.29) is 17.4 Å². The third kappa shape index (κ3) is 5.66. The molecule has 0 spiro atoms. The number of ether oxygens (including phenoxy) is 2. The summed E-state index contributed by atoms with van der Waals surface area (Å²) in [6.45, 7) is 7.51. The van der Waals surface area contributed by atoms with Crippen LogP contribution < -0.4 is 10.1 Å². The molecule has 0 bridgehead atoms. The zero-order chi connectivity index (χ0) is 25.2. The number of fused-ring (bicyclic) bond motifs is 1. The monoisotopic (exact) mass is 503 g/mol. The van der Waals surface area contributed by atoms with Crippen molar-refractivity contribution in [1.82, 2.24) is 25.3 Å². The minimum absolute atomic E-state index is 0.0239. The Bertz CT molecular complexity index is 1220. The highest BCUT2D eigenvalue weighted by atomic mass is 16.5. The number of carbonyl (C=O) groups excluding carboxylic acids is 1. The predicted molar refractivity (Wildman–Crippen MR) is 144 cm³/mol. The van der Waals surface area contributed by atoms with Gasteiger partial charge in [-0.15, -0.1) is 0 Å². The fraction of sp³-hybridized carbons (Fsp3) is 0.517. The van der Waals surface area contributed by atoms with Gasteiger partial charge >= 0.3 is 0 Å². The largest absolute Gasteiger partial charge is 0.490 e. The summed E-state index contributed by atoms with van der Waals surface area (Å²) in [4.78, 5) is 17.9. The number of H-pyrrole nitrogens is 1. The van der Waals surface area contributed by atoms with Crippen LogP contribution in [0.1, 0.15) is 36.0 Å². The van der Waals surface area contributed by atoms with Gasteiger partial charge in [-0.05, 0) is 75.2 Å². The molecule has 1 aromatic heterocycles. The maximum absolute atomic E-state index is 13.1. The topological polar surface area (TPSA) is 82.7 Å². The minimum Gasteiger partial charge on any atom is -0.490 e. The van der Waals surface area contributed by atoms with Crippen molar-refractivity contribution in [3.05, 3.63) is 48.0 Å². The van der Waals surface area contributed by atoms with Crippen molar-refractivity contribution in [2.75, 3.05) is 59.5 Å². The Labute approximate surface area is 218 Å². The van der Waals surface area contributed by atoms with E-state index in [1.165, 1.54) is 12.8 Å². The van der Waals surface area contributed by atoms with E-state index in [1.54, 1.807) is 0 Å². The van der Waals surface area contributed by atoms with Crippen LogP contribution in [-0.4, -0.2) is 91.5 Å². The van der Waals surface area contributed by atoms with Gasteiger partial charge < -0.3 is 19.7 Å². The highest BCUT2D eigenvalue weighted by Gasteiger charge is 2.44. The molecule has 2 N–H and O–H groups in total. The molecule has 1 amide bonds. The highest BCUT2D eigenvalue weighted by molar-refractivity contribution is 6.01. The summed E-state index contributed by atoms with van der Waals surface area (Å²) in [6, 6.07) is 13.9. The first-order chi connectivity index (χ1) is 18.1. The zero-order valence-electron chi connectivity index (χ0n) is 21.7. The van der Waals surface area contributed by atoms with E-state index in [0.29, 0.717) is 5.56 Å². The molecule has 3 aromatic rings. The Kier molecular flexibility index (Phi) is 6.88. The van der Waals surface area contributed by atoms with E-state index in [4.69, 9.17) is 9.47 Å². The molecule has 0 atom stereocenters.